The smallest absolute Gasteiger partial charge is 0.336 e. The lowest BCUT2D eigenvalue weighted by atomic mass is 10.1. The Morgan fingerprint density at radius 2 is 1.89 bits per heavy atom. The van der Waals surface area contributed by atoms with E-state index in [4.69, 9.17) is 9.15 Å². The molecule has 0 atom stereocenters. The first-order valence-electron chi connectivity index (χ1n) is 11.3. The molecule has 6 rings (SSSR count). The number of ether oxygens (including phenoxy) is 1. The number of thiophene rings is 1. The fourth-order valence-electron chi connectivity index (χ4n) is 4.60. The van der Waals surface area contributed by atoms with Gasteiger partial charge in [-0.15, -0.1) is 11.3 Å². The lowest BCUT2D eigenvalue weighted by molar-refractivity contribution is 0.413. The second-order valence-corrected chi connectivity index (χ2v) is 9.67. The highest BCUT2D eigenvalue weighted by Gasteiger charge is 2.21. The van der Waals surface area contributed by atoms with Crippen LogP contribution >= 0.6 is 11.3 Å². The van der Waals surface area contributed by atoms with Gasteiger partial charge in [0.15, 0.2) is 0 Å². The summed E-state index contributed by atoms with van der Waals surface area (Å²) in [5.41, 5.74) is 3.97. The van der Waals surface area contributed by atoms with Crippen LogP contribution in [0.5, 0.6) is 5.75 Å². The highest BCUT2D eigenvalue weighted by molar-refractivity contribution is 7.22. The number of benzene rings is 2. The van der Waals surface area contributed by atoms with E-state index in [-0.39, 0.29) is 5.56 Å². The summed E-state index contributed by atoms with van der Waals surface area (Å²) in [4.78, 5) is 32.9. The molecule has 9 heteroatoms. The Balaban J connectivity index is 1.55. The average Bonchev–Trinajstić information content (AvgIpc) is 3.60. The maximum absolute atomic E-state index is 13.7. The van der Waals surface area contributed by atoms with Crippen molar-refractivity contribution in [1.82, 2.24) is 18.7 Å². The zero-order chi connectivity index (χ0) is 25.1. The number of hydrogen-bond donors (Lipinski definition) is 0. The van der Waals surface area contributed by atoms with Crippen molar-refractivity contribution in [2.75, 3.05) is 7.11 Å². The van der Waals surface area contributed by atoms with Crippen LogP contribution in [0.25, 0.3) is 43.0 Å². The SMILES string of the molecule is COc1cc(-c2sc3c(c2C)c(=O)n(-c2ccc4occc4c2)c(=O)n3C)ccc1-n1cnc(C)c1. The van der Waals surface area contributed by atoms with Crippen LogP contribution in [0.15, 0.2) is 75.3 Å². The minimum absolute atomic E-state index is 0.339. The standard InChI is InChI=1S/C27H22N4O4S/c1-15-13-30(14-28-15)20-7-5-18(12-22(20)34-4)24-16(2)23-25(32)31(27(33)29(3)26(23)36-24)19-6-8-21-17(11-19)9-10-35-21/h5-14H,1-4H3. The molecule has 0 saturated heterocycles. The third-order valence-corrected chi connectivity index (χ3v) is 7.87. The number of furan rings is 1. The van der Waals surface area contributed by atoms with Crippen molar-refractivity contribution >= 4 is 32.5 Å². The Morgan fingerprint density at radius 1 is 1.06 bits per heavy atom. The van der Waals surface area contributed by atoms with Gasteiger partial charge in [-0.25, -0.2) is 14.3 Å². The first-order valence-corrected chi connectivity index (χ1v) is 12.1. The van der Waals surface area contributed by atoms with Crippen molar-refractivity contribution in [2.45, 2.75) is 13.8 Å². The molecule has 0 radical (unpaired) electrons. The zero-order valence-electron chi connectivity index (χ0n) is 20.1. The Bertz CT molecular complexity index is 1920. The van der Waals surface area contributed by atoms with Gasteiger partial charge in [-0.1, -0.05) is 6.07 Å². The molecule has 0 saturated carbocycles. The Kier molecular flexibility index (Phi) is 4.97. The molecular weight excluding hydrogens is 476 g/mol. The van der Waals surface area contributed by atoms with Gasteiger partial charge in [0.2, 0.25) is 0 Å². The number of imidazole rings is 1. The largest absolute Gasteiger partial charge is 0.495 e. The molecule has 0 amide bonds. The van der Waals surface area contributed by atoms with Gasteiger partial charge in [0.05, 0.1) is 42.2 Å². The molecule has 0 bridgehead atoms. The van der Waals surface area contributed by atoms with Crippen LogP contribution in [0.4, 0.5) is 0 Å². The van der Waals surface area contributed by atoms with Gasteiger partial charge in [0.25, 0.3) is 5.56 Å². The molecule has 0 unspecified atom stereocenters. The van der Waals surface area contributed by atoms with E-state index in [0.29, 0.717) is 27.2 Å². The van der Waals surface area contributed by atoms with E-state index < -0.39 is 5.69 Å². The van der Waals surface area contributed by atoms with Crippen molar-refractivity contribution in [3.63, 3.8) is 0 Å². The third-order valence-electron chi connectivity index (χ3n) is 6.45. The number of nitrogens with zero attached hydrogens (tertiary/aromatic N) is 4. The van der Waals surface area contributed by atoms with Gasteiger partial charge in [-0.3, -0.25) is 9.36 Å². The molecule has 0 aliphatic rings. The van der Waals surface area contributed by atoms with Crippen molar-refractivity contribution in [3.8, 4) is 27.6 Å². The molecule has 0 N–H and O–H groups in total. The highest BCUT2D eigenvalue weighted by atomic mass is 32.1. The summed E-state index contributed by atoms with van der Waals surface area (Å²) in [6.45, 7) is 3.85. The molecule has 4 aromatic heterocycles. The van der Waals surface area contributed by atoms with Gasteiger partial charge < -0.3 is 13.7 Å². The molecule has 0 spiro atoms. The molecule has 8 nitrogen and oxygen atoms in total. The number of fused-ring (bicyclic) bond motifs is 2. The minimum atomic E-state index is -0.397. The van der Waals surface area contributed by atoms with Crippen molar-refractivity contribution in [2.24, 2.45) is 7.05 Å². The summed E-state index contributed by atoms with van der Waals surface area (Å²) in [7, 11) is 3.32. The molecule has 180 valence electrons. The number of aromatic nitrogens is 4. The Labute approximate surface area is 209 Å². The van der Waals surface area contributed by atoms with E-state index in [2.05, 4.69) is 4.98 Å². The van der Waals surface area contributed by atoms with E-state index in [1.807, 2.05) is 48.9 Å². The fourth-order valence-corrected chi connectivity index (χ4v) is 5.85. The summed E-state index contributed by atoms with van der Waals surface area (Å²) in [6, 6.07) is 13.0. The van der Waals surface area contributed by atoms with Gasteiger partial charge >= 0.3 is 5.69 Å². The number of rotatable bonds is 4. The molecule has 4 heterocycles. The second-order valence-electron chi connectivity index (χ2n) is 8.67. The van der Waals surface area contributed by atoms with E-state index in [1.54, 1.807) is 44.9 Å². The van der Waals surface area contributed by atoms with Gasteiger partial charge in [-0.2, -0.15) is 0 Å². The lowest BCUT2D eigenvalue weighted by Gasteiger charge is -2.11. The van der Waals surface area contributed by atoms with E-state index in [1.165, 1.54) is 20.5 Å². The summed E-state index contributed by atoms with van der Waals surface area (Å²) in [5.74, 6) is 0.682. The summed E-state index contributed by atoms with van der Waals surface area (Å²) < 4.78 is 15.8. The molecule has 36 heavy (non-hydrogen) atoms. The Morgan fingerprint density at radius 3 is 2.64 bits per heavy atom. The van der Waals surface area contributed by atoms with E-state index in [9.17, 15) is 9.59 Å². The number of hydrogen-bond acceptors (Lipinski definition) is 6. The van der Waals surface area contributed by atoms with Gasteiger partial charge in [0, 0.05) is 23.5 Å². The number of methoxy groups -OCH3 is 1. The first kappa shape index (κ1) is 22.1. The predicted molar refractivity (Wildman–Crippen MR) is 141 cm³/mol. The zero-order valence-corrected chi connectivity index (χ0v) is 20.9. The van der Waals surface area contributed by atoms with Crippen LogP contribution in [0, 0.1) is 13.8 Å². The highest BCUT2D eigenvalue weighted by Crippen LogP contribution is 2.39. The summed E-state index contributed by atoms with van der Waals surface area (Å²) in [5, 5.41) is 1.35. The lowest BCUT2D eigenvalue weighted by Crippen LogP contribution is -2.37. The van der Waals surface area contributed by atoms with Crippen LogP contribution in [-0.2, 0) is 7.05 Å². The normalized spacial score (nSPS) is 11.6. The predicted octanol–water partition coefficient (Wildman–Crippen LogP) is 4.98. The van der Waals surface area contributed by atoms with Crippen LogP contribution < -0.4 is 16.0 Å². The monoisotopic (exact) mass is 498 g/mol. The topological polar surface area (TPSA) is 84.2 Å². The summed E-state index contributed by atoms with van der Waals surface area (Å²) >= 11 is 1.42. The Hall–Kier alpha value is -4.37. The van der Waals surface area contributed by atoms with Crippen LogP contribution in [-0.4, -0.2) is 25.8 Å². The second kappa shape index (κ2) is 8.10. The maximum Gasteiger partial charge on any atom is 0.336 e. The van der Waals surface area contributed by atoms with Gasteiger partial charge in [-0.05, 0) is 61.4 Å². The van der Waals surface area contributed by atoms with Gasteiger partial charge in [0.1, 0.15) is 16.2 Å². The molecule has 0 aliphatic heterocycles. The van der Waals surface area contributed by atoms with E-state index >= 15 is 0 Å². The minimum Gasteiger partial charge on any atom is -0.495 e. The molecule has 0 aliphatic carbocycles. The number of aryl methyl sites for hydroxylation is 3. The molecule has 2 aromatic carbocycles. The van der Waals surface area contributed by atoms with Crippen LogP contribution in [0.3, 0.4) is 0 Å². The maximum atomic E-state index is 13.7. The third kappa shape index (κ3) is 3.24. The van der Waals surface area contributed by atoms with E-state index in [0.717, 1.165) is 32.8 Å². The molecule has 6 aromatic rings. The first-order chi connectivity index (χ1) is 17.4. The van der Waals surface area contributed by atoms with Crippen molar-refractivity contribution in [1.29, 1.82) is 0 Å². The molecule has 0 fully saturated rings. The van der Waals surface area contributed by atoms with Crippen molar-refractivity contribution in [3.05, 3.63) is 93.3 Å². The van der Waals surface area contributed by atoms with Crippen LogP contribution in [0.1, 0.15) is 11.3 Å². The quantitative estimate of drug-likeness (QED) is 0.342. The average molecular weight is 499 g/mol. The van der Waals surface area contributed by atoms with Crippen LogP contribution in [0.2, 0.25) is 0 Å². The summed E-state index contributed by atoms with van der Waals surface area (Å²) in [6.07, 6.45) is 5.26. The molecular formula is C27H22N4O4S. The fraction of sp³-hybridized carbons (Fsp3) is 0.148. The van der Waals surface area contributed by atoms with Crippen molar-refractivity contribution < 1.29 is 9.15 Å².